The van der Waals surface area contributed by atoms with Gasteiger partial charge >= 0.3 is 6.18 Å². The van der Waals surface area contributed by atoms with Gasteiger partial charge in [-0.05, 0) is 49.2 Å². The molecule has 1 amide bonds. The zero-order valence-electron chi connectivity index (χ0n) is 17.2. The van der Waals surface area contributed by atoms with Crippen LogP contribution in [0.1, 0.15) is 37.7 Å². The molecule has 180 valence electrons. The van der Waals surface area contributed by atoms with Crippen molar-refractivity contribution < 1.29 is 31.1 Å². The van der Waals surface area contributed by atoms with Crippen LogP contribution in [0.2, 0.25) is 10.0 Å². The largest absolute Gasteiger partial charge is 0.482 e. The fourth-order valence-electron chi connectivity index (χ4n) is 3.40. The summed E-state index contributed by atoms with van der Waals surface area (Å²) >= 11 is 12.0. The van der Waals surface area contributed by atoms with Crippen molar-refractivity contribution >= 4 is 44.8 Å². The standard InChI is InChI=1S/C21H21Cl2F3N2O4S/c22-16-8-6-13(21(24,25)26)10-18(16)27-20(29)12-32-19-9-7-15(11-17(19)23)33(30,31)28-14-4-2-1-3-5-14/h6-11,14,28H,1-5,12H2,(H,27,29). The number of rotatable bonds is 7. The second kappa shape index (κ2) is 10.5. The number of anilines is 1. The number of amides is 1. The third-order valence-electron chi connectivity index (χ3n) is 5.07. The number of benzene rings is 2. The summed E-state index contributed by atoms with van der Waals surface area (Å²) in [5.41, 5.74) is -1.19. The van der Waals surface area contributed by atoms with Crippen LogP contribution in [0.5, 0.6) is 5.75 Å². The summed E-state index contributed by atoms with van der Waals surface area (Å²) in [5.74, 6) is -0.735. The molecule has 33 heavy (non-hydrogen) atoms. The van der Waals surface area contributed by atoms with Gasteiger partial charge in [0.05, 0.1) is 26.2 Å². The van der Waals surface area contributed by atoms with Gasteiger partial charge in [-0.25, -0.2) is 13.1 Å². The number of hydrogen-bond donors (Lipinski definition) is 2. The van der Waals surface area contributed by atoms with Crippen LogP contribution in [0.3, 0.4) is 0 Å². The predicted octanol–water partition coefficient (Wildman–Crippen LogP) is 5.64. The van der Waals surface area contributed by atoms with Crippen LogP contribution in [0.4, 0.5) is 18.9 Å². The highest BCUT2D eigenvalue weighted by atomic mass is 35.5. The van der Waals surface area contributed by atoms with Crippen LogP contribution in [-0.2, 0) is 21.0 Å². The maximum Gasteiger partial charge on any atom is 0.416 e. The molecule has 2 aromatic rings. The molecule has 1 aliphatic carbocycles. The quantitative estimate of drug-likeness (QED) is 0.490. The first-order chi connectivity index (χ1) is 15.5. The summed E-state index contributed by atoms with van der Waals surface area (Å²) in [7, 11) is -3.77. The predicted molar refractivity (Wildman–Crippen MR) is 119 cm³/mol. The second-order valence-electron chi connectivity index (χ2n) is 7.58. The van der Waals surface area contributed by atoms with Crippen molar-refractivity contribution in [1.82, 2.24) is 4.72 Å². The number of sulfonamides is 1. The van der Waals surface area contributed by atoms with Crippen molar-refractivity contribution in [2.75, 3.05) is 11.9 Å². The van der Waals surface area contributed by atoms with Crippen molar-refractivity contribution in [1.29, 1.82) is 0 Å². The molecule has 1 fully saturated rings. The van der Waals surface area contributed by atoms with Gasteiger partial charge in [-0.15, -0.1) is 0 Å². The fraction of sp³-hybridized carbons (Fsp3) is 0.381. The first-order valence-corrected chi connectivity index (χ1v) is 12.3. The Morgan fingerprint density at radius 3 is 2.36 bits per heavy atom. The molecule has 0 spiro atoms. The van der Waals surface area contributed by atoms with Gasteiger partial charge in [-0.1, -0.05) is 42.5 Å². The molecule has 0 atom stereocenters. The van der Waals surface area contributed by atoms with Crippen LogP contribution < -0.4 is 14.8 Å². The minimum Gasteiger partial charge on any atom is -0.482 e. The third-order valence-corrected chi connectivity index (χ3v) is 7.21. The zero-order valence-corrected chi connectivity index (χ0v) is 19.5. The van der Waals surface area contributed by atoms with E-state index in [2.05, 4.69) is 10.0 Å². The van der Waals surface area contributed by atoms with Gasteiger partial charge in [-0.2, -0.15) is 13.2 Å². The van der Waals surface area contributed by atoms with E-state index in [9.17, 15) is 26.4 Å². The van der Waals surface area contributed by atoms with Gasteiger partial charge in [0.2, 0.25) is 10.0 Å². The van der Waals surface area contributed by atoms with E-state index in [0.717, 1.165) is 44.2 Å². The Hall–Kier alpha value is -2.01. The van der Waals surface area contributed by atoms with E-state index in [-0.39, 0.29) is 32.4 Å². The average molecular weight is 525 g/mol. The maximum absolute atomic E-state index is 12.9. The summed E-state index contributed by atoms with van der Waals surface area (Å²) in [4.78, 5) is 12.1. The van der Waals surface area contributed by atoms with Gasteiger partial charge in [0.1, 0.15) is 5.75 Å². The van der Waals surface area contributed by atoms with Crippen molar-refractivity contribution in [3.8, 4) is 5.75 Å². The van der Waals surface area contributed by atoms with Crippen LogP contribution in [0.25, 0.3) is 0 Å². The Labute approximate surface area is 199 Å². The van der Waals surface area contributed by atoms with Gasteiger partial charge in [0, 0.05) is 6.04 Å². The highest BCUT2D eigenvalue weighted by Crippen LogP contribution is 2.34. The molecule has 0 heterocycles. The summed E-state index contributed by atoms with van der Waals surface area (Å²) < 4.78 is 71.7. The Kier molecular flexibility index (Phi) is 8.15. The lowest BCUT2D eigenvalue weighted by Gasteiger charge is -2.22. The molecule has 0 aliphatic heterocycles. The molecular weight excluding hydrogens is 504 g/mol. The van der Waals surface area contributed by atoms with Crippen molar-refractivity contribution in [3.63, 3.8) is 0 Å². The second-order valence-corrected chi connectivity index (χ2v) is 10.1. The molecule has 1 saturated carbocycles. The zero-order chi connectivity index (χ0) is 24.2. The van der Waals surface area contributed by atoms with Crippen LogP contribution in [0.15, 0.2) is 41.3 Å². The van der Waals surface area contributed by atoms with Crippen LogP contribution >= 0.6 is 23.2 Å². The highest BCUT2D eigenvalue weighted by molar-refractivity contribution is 7.89. The lowest BCUT2D eigenvalue weighted by molar-refractivity contribution is -0.137. The number of ether oxygens (including phenoxy) is 1. The van der Waals surface area contributed by atoms with E-state index in [0.29, 0.717) is 6.07 Å². The van der Waals surface area contributed by atoms with Crippen molar-refractivity contribution in [2.24, 2.45) is 0 Å². The average Bonchev–Trinajstić information content (AvgIpc) is 2.74. The number of nitrogens with one attached hydrogen (secondary N) is 2. The maximum atomic E-state index is 12.9. The molecule has 0 unspecified atom stereocenters. The Balaban J connectivity index is 1.62. The Bertz CT molecular complexity index is 1120. The van der Waals surface area contributed by atoms with Crippen molar-refractivity contribution in [2.45, 2.75) is 49.2 Å². The summed E-state index contributed by atoms with van der Waals surface area (Å²) in [6.45, 7) is -0.585. The normalized spacial score (nSPS) is 15.3. The minimum absolute atomic E-state index is 0.0357. The van der Waals surface area contributed by atoms with Gasteiger partial charge in [0.25, 0.3) is 5.91 Å². The number of hydrogen-bond acceptors (Lipinski definition) is 4. The Morgan fingerprint density at radius 2 is 1.73 bits per heavy atom. The summed E-state index contributed by atoms with van der Waals surface area (Å²) in [6.07, 6.45) is -0.0209. The van der Waals surface area contributed by atoms with Crippen LogP contribution in [0, 0.1) is 0 Å². The van der Waals surface area contributed by atoms with E-state index >= 15 is 0 Å². The molecule has 0 bridgehead atoms. The first kappa shape index (κ1) is 25.6. The molecule has 0 radical (unpaired) electrons. The number of carbonyl (C=O) groups is 1. The van der Waals surface area contributed by atoms with E-state index in [1.54, 1.807) is 0 Å². The van der Waals surface area contributed by atoms with Gasteiger partial charge in [0.15, 0.2) is 6.61 Å². The SMILES string of the molecule is O=C(COc1ccc(S(=O)(=O)NC2CCCCC2)cc1Cl)Nc1cc(C(F)(F)F)ccc1Cl. The molecule has 2 N–H and O–H groups in total. The molecule has 0 aromatic heterocycles. The highest BCUT2D eigenvalue weighted by Gasteiger charge is 2.31. The molecule has 6 nitrogen and oxygen atoms in total. The van der Waals surface area contributed by atoms with Gasteiger partial charge in [-0.3, -0.25) is 4.79 Å². The van der Waals surface area contributed by atoms with Crippen molar-refractivity contribution in [3.05, 3.63) is 52.0 Å². The molecule has 1 aliphatic rings. The monoisotopic (exact) mass is 524 g/mol. The third kappa shape index (κ3) is 6.99. The number of carbonyl (C=O) groups excluding carboxylic acids is 1. The summed E-state index contributed by atoms with van der Waals surface area (Å²) in [6, 6.07) is 6.24. The van der Waals surface area contributed by atoms with E-state index < -0.39 is 34.3 Å². The fourth-order valence-corrected chi connectivity index (χ4v) is 5.20. The van der Waals surface area contributed by atoms with E-state index in [4.69, 9.17) is 27.9 Å². The molecule has 3 rings (SSSR count). The molecule has 0 saturated heterocycles. The lowest BCUT2D eigenvalue weighted by Crippen LogP contribution is -2.36. The Morgan fingerprint density at radius 1 is 1.03 bits per heavy atom. The topological polar surface area (TPSA) is 84.5 Å². The molecular formula is C21H21Cl2F3N2O4S. The number of alkyl halides is 3. The minimum atomic E-state index is -4.60. The number of halogens is 5. The van der Waals surface area contributed by atoms with E-state index in [1.807, 2.05) is 0 Å². The van der Waals surface area contributed by atoms with Gasteiger partial charge < -0.3 is 10.1 Å². The smallest absolute Gasteiger partial charge is 0.416 e. The lowest BCUT2D eigenvalue weighted by atomic mass is 9.96. The molecule has 12 heteroatoms. The van der Waals surface area contributed by atoms with Crippen LogP contribution in [-0.4, -0.2) is 27.0 Å². The van der Waals surface area contributed by atoms with E-state index in [1.165, 1.54) is 18.2 Å². The molecule has 2 aromatic carbocycles. The first-order valence-electron chi connectivity index (χ1n) is 10.1. The summed E-state index contributed by atoms with van der Waals surface area (Å²) in [5, 5.41) is 2.14.